The fourth-order valence-electron chi connectivity index (χ4n) is 2.80. The number of nitrogens with one attached hydrogen (secondary N) is 2. The second-order valence-electron chi connectivity index (χ2n) is 6.62. The van der Waals surface area contributed by atoms with Crippen LogP contribution in [0.5, 0.6) is 0 Å². The molecule has 0 saturated heterocycles. The van der Waals surface area contributed by atoms with Crippen molar-refractivity contribution in [2.75, 3.05) is 32.5 Å². The van der Waals surface area contributed by atoms with Gasteiger partial charge in [-0.25, -0.2) is 0 Å². The monoisotopic (exact) mass is 361 g/mol. The highest BCUT2D eigenvalue weighted by Crippen LogP contribution is 2.19. The van der Waals surface area contributed by atoms with Gasteiger partial charge in [0.2, 0.25) is 0 Å². The van der Waals surface area contributed by atoms with E-state index in [-0.39, 0.29) is 11.8 Å². The van der Waals surface area contributed by atoms with Gasteiger partial charge in [0.1, 0.15) is 0 Å². The molecule has 5 heteroatoms. The number of fused-ring (bicyclic) bond motifs is 1. The molecule has 0 aliphatic carbocycles. The van der Waals surface area contributed by atoms with Gasteiger partial charge in [0.25, 0.3) is 11.8 Å². The molecule has 0 unspecified atom stereocenters. The summed E-state index contributed by atoms with van der Waals surface area (Å²) in [5.74, 6) is -0.444. The molecule has 2 N–H and O–H groups in total. The first-order chi connectivity index (χ1) is 13.0. The molecule has 0 bridgehead atoms. The molecule has 0 aliphatic rings. The lowest BCUT2D eigenvalue weighted by Gasteiger charge is -2.13. The molecule has 0 radical (unpaired) electrons. The first-order valence-corrected chi connectivity index (χ1v) is 8.87. The van der Waals surface area contributed by atoms with Crippen LogP contribution in [0.15, 0.2) is 66.7 Å². The predicted molar refractivity (Wildman–Crippen MR) is 109 cm³/mol. The van der Waals surface area contributed by atoms with Crippen LogP contribution in [-0.4, -0.2) is 43.9 Å². The van der Waals surface area contributed by atoms with Gasteiger partial charge in [-0.3, -0.25) is 9.59 Å². The van der Waals surface area contributed by atoms with Crippen molar-refractivity contribution >= 4 is 28.3 Å². The lowest BCUT2D eigenvalue weighted by atomic mass is 10.1. The topological polar surface area (TPSA) is 61.4 Å². The van der Waals surface area contributed by atoms with Crippen LogP contribution in [0.3, 0.4) is 0 Å². The fourth-order valence-corrected chi connectivity index (χ4v) is 2.80. The van der Waals surface area contributed by atoms with Crippen LogP contribution in [0.4, 0.5) is 5.69 Å². The number of amides is 2. The molecule has 3 aromatic rings. The Labute approximate surface area is 159 Å². The summed E-state index contributed by atoms with van der Waals surface area (Å²) in [6.07, 6.45) is 0. The third-order valence-electron chi connectivity index (χ3n) is 4.28. The van der Waals surface area contributed by atoms with Gasteiger partial charge in [-0.15, -0.1) is 0 Å². The van der Waals surface area contributed by atoms with E-state index in [2.05, 4.69) is 10.6 Å². The van der Waals surface area contributed by atoms with Crippen LogP contribution < -0.4 is 10.6 Å². The van der Waals surface area contributed by atoms with Crippen molar-refractivity contribution in [3.8, 4) is 0 Å². The normalized spacial score (nSPS) is 10.8. The third kappa shape index (κ3) is 4.71. The minimum absolute atomic E-state index is 0.203. The average Bonchev–Trinajstić information content (AvgIpc) is 2.67. The molecule has 0 saturated carbocycles. The highest BCUT2D eigenvalue weighted by molar-refractivity contribution is 6.10. The summed E-state index contributed by atoms with van der Waals surface area (Å²) in [5.41, 5.74) is 1.50. The smallest absolute Gasteiger partial charge is 0.255 e. The molecular weight excluding hydrogens is 338 g/mol. The molecule has 0 spiro atoms. The summed E-state index contributed by atoms with van der Waals surface area (Å²) in [5, 5.41) is 7.82. The van der Waals surface area contributed by atoms with Crippen LogP contribution in [0.25, 0.3) is 10.8 Å². The van der Waals surface area contributed by atoms with Crippen molar-refractivity contribution in [1.29, 1.82) is 0 Å². The number of benzene rings is 3. The summed E-state index contributed by atoms with van der Waals surface area (Å²) in [6.45, 7) is 1.29. The van der Waals surface area contributed by atoms with Crippen LogP contribution in [0.2, 0.25) is 0 Å². The van der Waals surface area contributed by atoms with Crippen LogP contribution >= 0.6 is 0 Å². The van der Waals surface area contributed by atoms with E-state index in [4.69, 9.17) is 0 Å². The highest BCUT2D eigenvalue weighted by atomic mass is 16.2. The molecule has 138 valence electrons. The quantitative estimate of drug-likeness (QED) is 0.707. The van der Waals surface area contributed by atoms with E-state index >= 15 is 0 Å². The van der Waals surface area contributed by atoms with Gasteiger partial charge in [-0.2, -0.15) is 0 Å². The van der Waals surface area contributed by atoms with E-state index < -0.39 is 0 Å². The standard InChI is InChI=1S/C22H23N3O2/c1-25(2)14-13-23-22(27)19-9-5-6-10-20(19)24-21(26)18-12-11-16-7-3-4-8-17(16)15-18/h3-12,15H,13-14H2,1-2H3,(H,23,27)(H,24,26). The van der Waals surface area contributed by atoms with Gasteiger partial charge in [0.15, 0.2) is 0 Å². The highest BCUT2D eigenvalue weighted by Gasteiger charge is 2.14. The second kappa shape index (κ2) is 8.47. The van der Waals surface area contributed by atoms with E-state index in [1.54, 1.807) is 30.3 Å². The summed E-state index contributed by atoms with van der Waals surface area (Å²) in [4.78, 5) is 27.1. The van der Waals surface area contributed by atoms with E-state index in [1.807, 2.05) is 55.4 Å². The summed E-state index contributed by atoms with van der Waals surface area (Å²) < 4.78 is 0. The number of rotatable bonds is 6. The Morgan fingerprint density at radius 2 is 1.56 bits per heavy atom. The van der Waals surface area contributed by atoms with Crippen LogP contribution in [0.1, 0.15) is 20.7 Å². The van der Waals surface area contributed by atoms with Gasteiger partial charge < -0.3 is 15.5 Å². The van der Waals surface area contributed by atoms with Gasteiger partial charge in [0, 0.05) is 18.7 Å². The zero-order valence-electron chi connectivity index (χ0n) is 15.5. The summed E-state index contributed by atoms with van der Waals surface area (Å²) in [7, 11) is 3.90. The average molecular weight is 361 g/mol. The second-order valence-corrected chi connectivity index (χ2v) is 6.62. The minimum Gasteiger partial charge on any atom is -0.351 e. The van der Waals surface area contributed by atoms with Gasteiger partial charge in [-0.1, -0.05) is 42.5 Å². The number of hydrogen-bond acceptors (Lipinski definition) is 3. The number of nitrogens with zero attached hydrogens (tertiary/aromatic N) is 1. The Hall–Kier alpha value is -3.18. The lowest BCUT2D eigenvalue weighted by molar-refractivity contribution is 0.0952. The third-order valence-corrected chi connectivity index (χ3v) is 4.28. The Kier molecular flexibility index (Phi) is 5.84. The molecule has 3 aromatic carbocycles. The Bertz CT molecular complexity index is 966. The van der Waals surface area contributed by atoms with Crippen molar-refractivity contribution in [3.05, 3.63) is 77.9 Å². The van der Waals surface area contributed by atoms with Crippen molar-refractivity contribution in [2.45, 2.75) is 0 Å². The molecule has 0 aromatic heterocycles. The first kappa shape index (κ1) is 18.6. The zero-order chi connectivity index (χ0) is 19.2. The molecule has 0 atom stereocenters. The van der Waals surface area contributed by atoms with E-state index in [1.165, 1.54) is 0 Å². The molecule has 27 heavy (non-hydrogen) atoms. The molecule has 3 rings (SSSR count). The number of anilines is 1. The summed E-state index contributed by atoms with van der Waals surface area (Å²) >= 11 is 0. The van der Waals surface area contributed by atoms with Crippen molar-refractivity contribution < 1.29 is 9.59 Å². The number of para-hydroxylation sites is 1. The van der Waals surface area contributed by atoms with Crippen LogP contribution in [-0.2, 0) is 0 Å². The SMILES string of the molecule is CN(C)CCNC(=O)c1ccccc1NC(=O)c1ccc2ccccc2c1. The largest absolute Gasteiger partial charge is 0.351 e. The van der Waals surface area contributed by atoms with Crippen LogP contribution in [0, 0.1) is 0 Å². The molecular formula is C22H23N3O2. The van der Waals surface area contributed by atoms with Gasteiger partial charge in [0.05, 0.1) is 11.3 Å². The Morgan fingerprint density at radius 1 is 0.852 bits per heavy atom. The molecule has 0 heterocycles. The number of carbonyl (C=O) groups excluding carboxylic acids is 2. The van der Waals surface area contributed by atoms with Crippen molar-refractivity contribution in [2.24, 2.45) is 0 Å². The minimum atomic E-state index is -0.241. The molecule has 5 nitrogen and oxygen atoms in total. The Balaban J connectivity index is 1.76. The Morgan fingerprint density at radius 3 is 2.33 bits per heavy atom. The number of hydrogen-bond donors (Lipinski definition) is 2. The van der Waals surface area contributed by atoms with Gasteiger partial charge in [-0.05, 0) is 49.1 Å². The molecule has 0 aliphatic heterocycles. The fraction of sp³-hybridized carbons (Fsp3) is 0.182. The summed E-state index contributed by atoms with van der Waals surface area (Å²) in [6, 6.07) is 20.5. The van der Waals surface area contributed by atoms with E-state index in [0.29, 0.717) is 23.4 Å². The zero-order valence-corrected chi connectivity index (χ0v) is 15.5. The van der Waals surface area contributed by atoms with Crippen molar-refractivity contribution in [3.63, 3.8) is 0 Å². The van der Waals surface area contributed by atoms with E-state index in [0.717, 1.165) is 17.3 Å². The molecule has 0 fully saturated rings. The maximum Gasteiger partial charge on any atom is 0.255 e. The first-order valence-electron chi connectivity index (χ1n) is 8.87. The number of likely N-dealkylation sites (N-methyl/N-ethyl adjacent to an activating group) is 1. The van der Waals surface area contributed by atoms with E-state index in [9.17, 15) is 9.59 Å². The maximum atomic E-state index is 12.7. The predicted octanol–water partition coefficient (Wildman–Crippen LogP) is 3.38. The number of carbonyl (C=O) groups is 2. The van der Waals surface area contributed by atoms with Gasteiger partial charge >= 0.3 is 0 Å². The van der Waals surface area contributed by atoms with Crippen molar-refractivity contribution in [1.82, 2.24) is 10.2 Å². The lowest BCUT2D eigenvalue weighted by Crippen LogP contribution is -2.32. The molecule has 2 amide bonds. The maximum absolute atomic E-state index is 12.7.